The van der Waals surface area contributed by atoms with Crippen molar-refractivity contribution in [3.8, 4) is 11.6 Å². The highest BCUT2D eigenvalue weighted by Crippen LogP contribution is 2.28. The average Bonchev–Trinajstić information content (AvgIpc) is 3.42. The van der Waals surface area contributed by atoms with E-state index < -0.39 is 0 Å². The van der Waals surface area contributed by atoms with Gasteiger partial charge < -0.3 is 19.9 Å². The van der Waals surface area contributed by atoms with E-state index in [0.717, 1.165) is 38.8 Å². The highest BCUT2D eigenvalue weighted by atomic mass is 16.5. The minimum atomic E-state index is -0.206. The minimum Gasteiger partial charge on any atom is -0.380 e. The number of urea groups is 1. The van der Waals surface area contributed by atoms with Gasteiger partial charge in [0.1, 0.15) is 5.69 Å². The smallest absolute Gasteiger partial charge is 0.319 e. The van der Waals surface area contributed by atoms with Crippen molar-refractivity contribution < 1.29 is 14.1 Å². The predicted molar refractivity (Wildman–Crippen MR) is 103 cm³/mol. The van der Waals surface area contributed by atoms with Gasteiger partial charge in [0.2, 0.25) is 0 Å². The quantitative estimate of drug-likeness (QED) is 0.811. The number of methoxy groups -OCH3 is 1. The molecule has 2 N–H and O–H groups in total. The molecule has 1 saturated carbocycles. The maximum atomic E-state index is 12.5. The number of likely N-dealkylation sites (tertiary alicyclic amines) is 1. The van der Waals surface area contributed by atoms with Gasteiger partial charge in [0.15, 0.2) is 5.82 Å². The van der Waals surface area contributed by atoms with Crippen LogP contribution in [0.2, 0.25) is 0 Å². The van der Waals surface area contributed by atoms with Gasteiger partial charge >= 0.3 is 6.03 Å². The molecule has 1 aliphatic heterocycles. The number of amides is 2. The third-order valence-electron chi connectivity index (χ3n) is 5.54. The monoisotopic (exact) mass is 386 g/mol. The number of aryl methyl sites for hydroxylation is 1. The molecule has 2 aliphatic rings. The van der Waals surface area contributed by atoms with Crippen molar-refractivity contribution >= 4 is 11.7 Å². The molecule has 2 amide bonds. The Hall–Kier alpha value is -2.52. The molecule has 28 heavy (non-hydrogen) atoms. The fourth-order valence-electron chi connectivity index (χ4n) is 4.12. The van der Waals surface area contributed by atoms with Crippen LogP contribution in [0.4, 0.5) is 10.5 Å². The summed E-state index contributed by atoms with van der Waals surface area (Å²) in [7, 11) is 1.77. The Bertz CT molecular complexity index is 808. The number of hydrogen-bond donors (Lipinski definition) is 2. The molecule has 9 nitrogen and oxygen atoms in total. The van der Waals surface area contributed by atoms with Crippen LogP contribution in [-0.4, -0.2) is 64.4 Å². The van der Waals surface area contributed by atoms with Gasteiger partial charge in [-0.05, 0) is 44.7 Å². The Balaban J connectivity index is 1.32. The van der Waals surface area contributed by atoms with Crippen molar-refractivity contribution in [2.24, 2.45) is 0 Å². The van der Waals surface area contributed by atoms with Crippen LogP contribution in [0, 0.1) is 6.92 Å². The zero-order valence-electron chi connectivity index (χ0n) is 16.2. The van der Waals surface area contributed by atoms with E-state index in [1.807, 2.05) is 0 Å². The SMILES string of the molecule is COC1CCN([C@@H]2CCC[C@@H]2NC(=O)Nc2ccc(-c3nc(C)no3)nc2)C1. The summed E-state index contributed by atoms with van der Waals surface area (Å²) in [6, 6.07) is 3.85. The van der Waals surface area contributed by atoms with E-state index in [9.17, 15) is 4.79 Å². The van der Waals surface area contributed by atoms with Crippen molar-refractivity contribution in [1.29, 1.82) is 0 Å². The normalized spacial score (nSPS) is 25.1. The summed E-state index contributed by atoms with van der Waals surface area (Å²) in [5.41, 5.74) is 1.19. The lowest BCUT2D eigenvalue weighted by Gasteiger charge is -2.30. The van der Waals surface area contributed by atoms with E-state index in [-0.39, 0.29) is 12.1 Å². The third kappa shape index (κ3) is 4.15. The lowest BCUT2D eigenvalue weighted by Crippen LogP contribution is -2.49. The molecule has 0 spiro atoms. The molecule has 2 aromatic heterocycles. The number of hydrogen-bond acceptors (Lipinski definition) is 7. The highest BCUT2D eigenvalue weighted by Gasteiger charge is 2.36. The van der Waals surface area contributed by atoms with Crippen molar-refractivity contribution in [2.75, 3.05) is 25.5 Å². The minimum absolute atomic E-state index is 0.157. The molecule has 4 rings (SSSR count). The van der Waals surface area contributed by atoms with Gasteiger partial charge in [0.25, 0.3) is 5.89 Å². The average molecular weight is 386 g/mol. The first kappa shape index (κ1) is 18.8. The maximum Gasteiger partial charge on any atom is 0.319 e. The highest BCUT2D eigenvalue weighted by molar-refractivity contribution is 5.89. The topological polar surface area (TPSA) is 105 Å². The number of nitrogens with zero attached hydrogens (tertiary/aromatic N) is 4. The summed E-state index contributed by atoms with van der Waals surface area (Å²) in [6.07, 6.45) is 6.20. The number of anilines is 1. The van der Waals surface area contributed by atoms with Crippen LogP contribution >= 0.6 is 0 Å². The molecule has 150 valence electrons. The van der Waals surface area contributed by atoms with E-state index >= 15 is 0 Å². The predicted octanol–water partition coefficient (Wildman–Crippen LogP) is 2.20. The standard InChI is InChI=1S/C19H26N6O3/c1-12-21-18(28-24-12)16-7-6-13(10-20-16)22-19(26)23-15-4-3-5-17(15)25-9-8-14(11-25)27-2/h6-7,10,14-15,17H,3-5,8-9,11H2,1-2H3,(H2,22,23,26)/t14?,15-,17+/m0/s1. The summed E-state index contributed by atoms with van der Waals surface area (Å²) < 4.78 is 10.6. The van der Waals surface area contributed by atoms with Gasteiger partial charge in [-0.1, -0.05) is 5.16 Å². The molecule has 0 aromatic carbocycles. The number of carbonyl (C=O) groups is 1. The van der Waals surface area contributed by atoms with Crippen molar-refractivity contribution in [2.45, 2.75) is 50.8 Å². The molecular weight excluding hydrogens is 360 g/mol. The van der Waals surface area contributed by atoms with E-state index in [1.165, 1.54) is 0 Å². The molecule has 9 heteroatoms. The second-order valence-electron chi connectivity index (χ2n) is 7.42. The Kier molecular flexibility index (Phi) is 5.54. The van der Waals surface area contributed by atoms with E-state index in [2.05, 4.69) is 30.7 Å². The fourth-order valence-corrected chi connectivity index (χ4v) is 4.12. The van der Waals surface area contributed by atoms with Crippen LogP contribution in [0.5, 0.6) is 0 Å². The molecule has 1 unspecified atom stereocenters. The van der Waals surface area contributed by atoms with E-state index in [0.29, 0.717) is 35.2 Å². The van der Waals surface area contributed by atoms with Gasteiger partial charge in [0, 0.05) is 32.3 Å². The molecule has 0 radical (unpaired) electrons. The van der Waals surface area contributed by atoms with Crippen molar-refractivity contribution in [3.63, 3.8) is 0 Å². The summed E-state index contributed by atoms with van der Waals surface area (Å²) in [5, 5.41) is 9.75. The van der Waals surface area contributed by atoms with Crippen molar-refractivity contribution in [3.05, 3.63) is 24.2 Å². The van der Waals surface area contributed by atoms with Crippen LogP contribution in [0.25, 0.3) is 11.6 Å². The number of aromatic nitrogens is 3. The van der Waals surface area contributed by atoms with Crippen LogP contribution in [0.1, 0.15) is 31.5 Å². The van der Waals surface area contributed by atoms with E-state index in [1.54, 1.807) is 32.4 Å². The first-order valence-electron chi connectivity index (χ1n) is 9.73. The van der Waals surface area contributed by atoms with Gasteiger partial charge in [-0.15, -0.1) is 0 Å². The fraction of sp³-hybridized carbons (Fsp3) is 0.579. The third-order valence-corrected chi connectivity index (χ3v) is 5.54. The number of rotatable bonds is 5. The molecule has 2 fully saturated rings. The van der Waals surface area contributed by atoms with Crippen LogP contribution < -0.4 is 10.6 Å². The van der Waals surface area contributed by atoms with Crippen LogP contribution in [0.3, 0.4) is 0 Å². The molecule has 1 aliphatic carbocycles. The maximum absolute atomic E-state index is 12.5. The Morgan fingerprint density at radius 1 is 1.32 bits per heavy atom. The Morgan fingerprint density at radius 2 is 2.21 bits per heavy atom. The summed E-state index contributed by atoms with van der Waals surface area (Å²) in [5.74, 6) is 0.918. The van der Waals surface area contributed by atoms with Crippen LogP contribution in [-0.2, 0) is 4.74 Å². The van der Waals surface area contributed by atoms with Gasteiger partial charge in [0.05, 0.1) is 18.0 Å². The summed E-state index contributed by atoms with van der Waals surface area (Å²) in [4.78, 5) is 23.4. The molecule has 2 aromatic rings. The molecule has 3 atom stereocenters. The lowest BCUT2D eigenvalue weighted by molar-refractivity contribution is 0.0985. The van der Waals surface area contributed by atoms with Gasteiger partial charge in [-0.3, -0.25) is 4.90 Å². The first-order chi connectivity index (χ1) is 13.6. The van der Waals surface area contributed by atoms with Crippen molar-refractivity contribution in [1.82, 2.24) is 25.3 Å². The second kappa shape index (κ2) is 8.24. The number of nitrogens with one attached hydrogen (secondary N) is 2. The van der Waals surface area contributed by atoms with Gasteiger partial charge in [-0.2, -0.15) is 4.98 Å². The summed E-state index contributed by atoms with van der Waals surface area (Å²) in [6.45, 7) is 3.73. The first-order valence-corrected chi connectivity index (χ1v) is 9.73. The van der Waals surface area contributed by atoms with E-state index in [4.69, 9.17) is 9.26 Å². The zero-order valence-corrected chi connectivity index (χ0v) is 16.2. The number of pyridine rings is 1. The lowest BCUT2D eigenvalue weighted by atomic mass is 10.1. The molecular formula is C19H26N6O3. The molecule has 3 heterocycles. The molecule has 0 bridgehead atoms. The Morgan fingerprint density at radius 3 is 2.89 bits per heavy atom. The number of ether oxygens (including phenoxy) is 1. The molecule has 1 saturated heterocycles. The summed E-state index contributed by atoms with van der Waals surface area (Å²) >= 11 is 0. The Labute approximate surface area is 163 Å². The van der Waals surface area contributed by atoms with Gasteiger partial charge in [-0.25, -0.2) is 9.78 Å². The van der Waals surface area contributed by atoms with Crippen LogP contribution in [0.15, 0.2) is 22.9 Å². The zero-order chi connectivity index (χ0) is 19.5. The largest absolute Gasteiger partial charge is 0.380 e. The second-order valence-corrected chi connectivity index (χ2v) is 7.42. The number of carbonyl (C=O) groups excluding carboxylic acids is 1.